The zero-order valence-electron chi connectivity index (χ0n) is 14.6. The Morgan fingerprint density at radius 3 is 2.64 bits per heavy atom. The van der Waals surface area contributed by atoms with Gasteiger partial charge in [-0.1, -0.05) is 43.2 Å². The summed E-state index contributed by atoms with van der Waals surface area (Å²) < 4.78 is 0. The first-order valence-electron chi connectivity index (χ1n) is 9.23. The molecule has 0 bridgehead atoms. The van der Waals surface area contributed by atoms with Crippen LogP contribution in [0, 0.1) is 5.92 Å². The second-order valence-electron chi connectivity index (χ2n) is 7.20. The van der Waals surface area contributed by atoms with Crippen molar-refractivity contribution in [2.24, 2.45) is 5.92 Å². The molecule has 0 aromatic heterocycles. The van der Waals surface area contributed by atoms with Crippen molar-refractivity contribution in [3.8, 4) is 0 Å². The SMILES string of the molecule is CC1NNc2ccc(C(=O)NC(c3ccccc3)C3CCCC3)cc21. The third-order valence-electron chi connectivity index (χ3n) is 5.52. The molecule has 2 unspecified atom stereocenters. The molecule has 1 aliphatic carbocycles. The first kappa shape index (κ1) is 16.2. The fraction of sp³-hybridized carbons (Fsp3) is 0.381. The number of amides is 1. The van der Waals surface area contributed by atoms with Crippen molar-refractivity contribution in [2.75, 3.05) is 5.43 Å². The number of hydrazine groups is 1. The number of anilines is 1. The normalized spacial score (nSPS) is 20.8. The number of rotatable bonds is 4. The van der Waals surface area contributed by atoms with Crippen LogP contribution < -0.4 is 16.2 Å². The molecule has 1 amide bonds. The van der Waals surface area contributed by atoms with Crippen LogP contribution in [0.1, 0.15) is 66.2 Å². The molecule has 3 N–H and O–H groups in total. The zero-order valence-corrected chi connectivity index (χ0v) is 14.6. The quantitative estimate of drug-likeness (QED) is 0.779. The molecule has 1 heterocycles. The summed E-state index contributed by atoms with van der Waals surface area (Å²) in [7, 11) is 0. The Labute approximate surface area is 149 Å². The van der Waals surface area contributed by atoms with Gasteiger partial charge < -0.3 is 10.7 Å². The van der Waals surface area contributed by atoms with Crippen LogP contribution in [0.25, 0.3) is 0 Å². The highest BCUT2D eigenvalue weighted by Gasteiger charge is 2.28. The zero-order chi connectivity index (χ0) is 17.2. The highest BCUT2D eigenvalue weighted by molar-refractivity contribution is 5.95. The van der Waals surface area contributed by atoms with Crippen LogP contribution in [0.15, 0.2) is 48.5 Å². The lowest BCUT2D eigenvalue weighted by molar-refractivity contribution is 0.0921. The molecule has 2 atom stereocenters. The van der Waals surface area contributed by atoms with Crippen LogP contribution in [0.2, 0.25) is 0 Å². The molecule has 0 radical (unpaired) electrons. The second-order valence-corrected chi connectivity index (χ2v) is 7.20. The topological polar surface area (TPSA) is 53.2 Å². The number of hydrogen-bond donors (Lipinski definition) is 3. The molecule has 1 fully saturated rings. The fourth-order valence-corrected chi connectivity index (χ4v) is 4.09. The predicted molar refractivity (Wildman–Crippen MR) is 100 cm³/mol. The van der Waals surface area contributed by atoms with E-state index < -0.39 is 0 Å². The van der Waals surface area contributed by atoms with Crippen LogP contribution in [0.5, 0.6) is 0 Å². The van der Waals surface area contributed by atoms with Crippen LogP contribution in [0.3, 0.4) is 0 Å². The Balaban J connectivity index is 1.57. The lowest BCUT2D eigenvalue weighted by Gasteiger charge is -2.25. The Kier molecular flexibility index (Phi) is 4.45. The van der Waals surface area contributed by atoms with Gasteiger partial charge in [-0.15, -0.1) is 0 Å². The minimum absolute atomic E-state index is 0.0163. The summed E-state index contributed by atoms with van der Waals surface area (Å²) in [5.74, 6) is 0.547. The van der Waals surface area contributed by atoms with Gasteiger partial charge in [-0.25, -0.2) is 5.43 Å². The minimum atomic E-state index is 0.0163. The Morgan fingerprint density at radius 1 is 1.12 bits per heavy atom. The summed E-state index contributed by atoms with van der Waals surface area (Å²) in [6, 6.07) is 16.6. The van der Waals surface area contributed by atoms with Gasteiger partial charge in [0.15, 0.2) is 0 Å². The highest BCUT2D eigenvalue weighted by Crippen LogP contribution is 2.36. The van der Waals surface area contributed by atoms with Crippen molar-refractivity contribution in [3.63, 3.8) is 0 Å². The largest absolute Gasteiger partial charge is 0.345 e. The molecule has 2 aliphatic rings. The first-order valence-corrected chi connectivity index (χ1v) is 9.23. The van der Waals surface area contributed by atoms with E-state index in [2.05, 4.69) is 47.4 Å². The molecule has 0 saturated heterocycles. The average molecular weight is 335 g/mol. The number of benzene rings is 2. The standard InChI is InChI=1S/C21H25N3O/c1-14-18-13-17(11-12-19(18)24-23-14)21(25)22-20(16-9-5-6-10-16)15-7-3-2-4-8-15/h2-4,7-8,11-14,16,20,23-24H,5-6,9-10H2,1H3,(H,22,25). The molecule has 0 spiro atoms. The van der Waals surface area contributed by atoms with Gasteiger partial charge in [0.25, 0.3) is 5.91 Å². The number of fused-ring (bicyclic) bond motifs is 1. The second kappa shape index (κ2) is 6.89. The highest BCUT2D eigenvalue weighted by atomic mass is 16.1. The molecule has 4 nitrogen and oxygen atoms in total. The van der Waals surface area contributed by atoms with E-state index in [9.17, 15) is 4.79 Å². The minimum Gasteiger partial charge on any atom is -0.345 e. The Bertz CT molecular complexity index is 753. The number of hydrogen-bond acceptors (Lipinski definition) is 3. The van der Waals surface area contributed by atoms with Gasteiger partial charge in [-0.2, -0.15) is 0 Å². The summed E-state index contributed by atoms with van der Waals surface area (Å²) in [6.45, 7) is 2.09. The van der Waals surface area contributed by atoms with E-state index in [0.717, 1.165) is 16.8 Å². The van der Waals surface area contributed by atoms with E-state index in [1.54, 1.807) is 0 Å². The van der Waals surface area contributed by atoms with E-state index in [-0.39, 0.29) is 18.0 Å². The number of carbonyl (C=O) groups is 1. The first-order chi connectivity index (χ1) is 12.2. The van der Waals surface area contributed by atoms with Gasteiger partial charge in [0.05, 0.1) is 17.8 Å². The summed E-state index contributed by atoms with van der Waals surface area (Å²) >= 11 is 0. The molecule has 4 rings (SSSR count). The van der Waals surface area contributed by atoms with E-state index >= 15 is 0 Å². The number of carbonyl (C=O) groups excluding carboxylic acids is 1. The maximum absolute atomic E-state index is 12.9. The van der Waals surface area contributed by atoms with Gasteiger partial charge >= 0.3 is 0 Å². The maximum atomic E-state index is 12.9. The Morgan fingerprint density at radius 2 is 1.88 bits per heavy atom. The van der Waals surface area contributed by atoms with E-state index in [4.69, 9.17) is 0 Å². The third-order valence-corrected chi connectivity index (χ3v) is 5.52. The van der Waals surface area contributed by atoms with Crippen LogP contribution in [0.4, 0.5) is 5.69 Å². The van der Waals surface area contributed by atoms with E-state index in [1.165, 1.54) is 31.2 Å². The van der Waals surface area contributed by atoms with Gasteiger partial charge in [0.2, 0.25) is 0 Å². The molecule has 2 aromatic rings. The molecule has 1 saturated carbocycles. The Hall–Kier alpha value is -2.33. The molecular weight excluding hydrogens is 310 g/mol. The van der Waals surface area contributed by atoms with Crippen LogP contribution in [-0.2, 0) is 0 Å². The molecule has 2 aromatic carbocycles. The van der Waals surface area contributed by atoms with Gasteiger partial charge in [-0.3, -0.25) is 4.79 Å². The molecular formula is C21H25N3O. The van der Waals surface area contributed by atoms with Crippen molar-refractivity contribution in [1.82, 2.24) is 10.7 Å². The van der Waals surface area contributed by atoms with Crippen molar-refractivity contribution in [3.05, 3.63) is 65.2 Å². The fourth-order valence-electron chi connectivity index (χ4n) is 4.09. The average Bonchev–Trinajstić information content (AvgIpc) is 3.30. The summed E-state index contributed by atoms with van der Waals surface area (Å²) in [6.07, 6.45) is 4.90. The van der Waals surface area contributed by atoms with Gasteiger partial charge in [0, 0.05) is 5.56 Å². The maximum Gasteiger partial charge on any atom is 0.251 e. The van der Waals surface area contributed by atoms with Crippen molar-refractivity contribution in [2.45, 2.75) is 44.7 Å². The summed E-state index contributed by atoms with van der Waals surface area (Å²) in [5.41, 5.74) is 10.5. The molecule has 25 heavy (non-hydrogen) atoms. The number of nitrogens with one attached hydrogen (secondary N) is 3. The lowest BCUT2D eigenvalue weighted by Crippen LogP contribution is -2.32. The van der Waals surface area contributed by atoms with Crippen LogP contribution >= 0.6 is 0 Å². The lowest BCUT2D eigenvalue weighted by atomic mass is 9.91. The van der Waals surface area contributed by atoms with E-state index in [0.29, 0.717) is 5.92 Å². The summed E-state index contributed by atoms with van der Waals surface area (Å²) in [5, 5.41) is 3.32. The smallest absolute Gasteiger partial charge is 0.251 e. The van der Waals surface area contributed by atoms with Crippen molar-refractivity contribution >= 4 is 11.6 Å². The van der Waals surface area contributed by atoms with Gasteiger partial charge in [-0.05, 0) is 55.0 Å². The third kappa shape index (κ3) is 3.27. The predicted octanol–water partition coefficient (Wildman–Crippen LogP) is 4.34. The monoisotopic (exact) mass is 335 g/mol. The van der Waals surface area contributed by atoms with Crippen LogP contribution in [-0.4, -0.2) is 5.91 Å². The molecule has 130 valence electrons. The molecule has 4 heteroatoms. The van der Waals surface area contributed by atoms with E-state index in [1.807, 2.05) is 24.3 Å². The van der Waals surface area contributed by atoms with Crippen molar-refractivity contribution < 1.29 is 4.79 Å². The molecule has 1 aliphatic heterocycles. The van der Waals surface area contributed by atoms with Crippen molar-refractivity contribution in [1.29, 1.82) is 0 Å². The summed E-state index contributed by atoms with van der Waals surface area (Å²) in [4.78, 5) is 12.9. The van der Waals surface area contributed by atoms with Gasteiger partial charge in [0.1, 0.15) is 0 Å².